The SMILES string of the molecule is NCCCCC([SiH3])(OC1CCCCC1)OC1CCCCC1. The van der Waals surface area contributed by atoms with E-state index in [-0.39, 0.29) is 5.41 Å². The summed E-state index contributed by atoms with van der Waals surface area (Å²) in [5, 5.41) is 0. The Kier molecular flexibility index (Phi) is 7.71. The van der Waals surface area contributed by atoms with E-state index in [2.05, 4.69) is 0 Å². The predicted octanol–water partition coefficient (Wildman–Crippen LogP) is 2.83. The van der Waals surface area contributed by atoms with Gasteiger partial charge in [-0.2, -0.15) is 0 Å². The van der Waals surface area contributed by atoms with Gasteiger partial charge in [0.15, 0.2) is 0 Å². The standard InChI is InChI=1S/C17H35NO2Si/c18-14-8-7-13-17(21,19-15-9-3-1-4-10-15)20-16-11-5-2-6-12-16/h15-16H,1-14,18H2,21H3. The summed E-state index contributed by atoms with van der Waals surface area (Å²) in [4.78, 5) is 0. The third-order valence-corrected chi connectivity index (χ3v) is 5.99. The van der Waals surface area contributed by atoms with E-state index in [4.69, 9.17) is 15.2 Å². The Morgan fingerprint density at radius 3 is 1.71 bits per heavy atom. The van der Waals surface area contributed by atoms with Crippen LogP contribution in [0.5, 0.6) is 0 Å². The first kappa shape index (κ1) is 17.5. The average molecular weight is 314 g/mol. The molecule has 0 spiro atoms. The van der Waals surface area contributed by atoms with Gasteiger partial charge in [0.2, 0.25) is 0 Å². The van der Waals surface area contributed by atoms with Crippen LogP contribution in [0.1, 0.15) is 83.5 Å². The van der Waals surface area contributed by atoms with E-state index in [0.717, 1.165) is 36.0 Å². The van der Waals surface area contributed by atoms with Crippen molar-refractivity contribution in [2.24, 2.45) is 5.73 Å². The second kappa shape index (κ2) is 9.28. The fourth-order valence-electron chi connectivity index (χ4n) is 3.81. The van der Waals surface area contributed by atoms with Crippen LogP contribution in [-0.4, -0.2) is 34.4 Å². The van der Waals surface area contributed by atoms with Gasteiger partial charge < -0.3 is 15.2 Å². The summed E-state index contributed by atoms with van der Waals surface area (Å²) in [5.74, 6) is 0. The first-order valence-electron chi connectivity index (χ1n) is 9.27. The van der Waals surface area contributed by atoms with Crippen molar-refractivity contribution < 1.29 is 9.47 Å². The van der Waals surface area contributed by atoms with E-state index in [1.54, 1.807) is 0 Å². The van der Waals surface area contributed by atoms with E-state index < -0.39 is 0 Å². The Morgan fingerprint density at radius 1 is 0.810 bits per heavy atom. The number of hydrogen-bond acceptors (Lipinski definition) is 3. The van der Waals surface area contributed by atoms with Crippen LogP contribution in [0.3, 0.4) is 0 Å². The summed E-state index contributed by atoms with van der Waals surface area (Å²) < 4.78 is 13.1. The number of hydrogen-bond donors (Lipinski definition) is 1. The minimum absolute atomic E-state index is 0.251. The number of rotatable bonds is 8. The highest BCUT2D eigenvalue weighted by Crippen LogP contribution is 2.31. The van der Waals surface area contributed by atoms with Gasteiger partial charge in [-0.3, -0.25) is 0 Å². The van der Waals surface area contributed by atoms with Crippen molar-refractivity contribution in [1.29, 1.82) is 0 Å². The van der Waals surface area contributed by atoms with E-state index in [1.807, 2.05) is 0 Å². The van der Waals surface area contributed by atoms with Gasteiger partial charge >= 0.3 is 0 Å². The van der Waals surface area contributed by atoms with Gasteiger partial charge in [0.1, 0.15) is 5.41 Å². The van der Waals surface area contributed by atoms with Crippen molar-refractivity contribution in [3.8, 4) is 0 Å². The molecule has 0 aliphatic heterocycles. The normalized spacial score (nSPS) is 22.7. The third kappa shape index (κ3) is 6.39. The molecule has 2 aliphatic carbocycles. The number of nitrogens with two attached hydrogens (primary N) is 1. The smallest absolute Gasteiger partial charge is 0.142 e. The average Bonchev–Trinajstić information content (AvgIpc) is 2.49. The molecule has 2 aliphatic rings. The summed E-state index contributed by atoms with van der Waals surface area (Å²) in [6, 6.07) is 0. The third-order valence-electron chi connectivity index (χ3n) is 5.02. The largest absolute Gasteiger partial charge is 0.352 e. The second-order valence-electron chi connectivity index (χ2n) is 7.14. The number of unbranched alkanes of at least 4 members (excludes halogenated alkanes) is 1. The van der Waals surface area contributed by atoms with E-state index in [1.165, 1.54) is 64.2 Å². The number of ether oxygens (including phenoxy) is 2. The fraction of sp³-hybridized carbons (Fsp3) is 1.00. The molecule has 0 aromatic heterocycles. The highest BCUT2D eigenvalue weighted by atomic mass is 28.1. The molecule has 0 amide bonds. The lowest BCUT2D eigenvalue weighted by Gasteiger charge is -2.39. The van der Waals surface area contributed by atoms with Crippen molar-refractivity contribution in [3.05, 3.63) is 0 Å². The van der Waals surface area contributed by atoms with Crippen LogP contribution in [0.2, 0.25) is 0 Å². The minimum Gasteiger partial charge on any atom is -0.352 e. The van der Waals surface area contributed by atoms with Crippen molar-refractivity contribution >= 4 is 10.2 Å². The lowest BCUT2D eigenvalue weighted by molar-refractivity contribution is -0.238. The van der Waals surface area contributed by atoms with Crippen molar-refractivity contribution in [3.63, 3.8) is 0 Å². The molecular formula is C17H35NO2Si. The zero-order chi connectivity index (χ0) is 15.0. The van der Waals surface area contributed by atoms with Crippen LogP contribution in [0.25, 0.3) is 0 Å². The van der Waals surface area contributed by atoms with Crippen molar-refractivity contribution in [2.45, 2.75) is 101 Å². The summed E-state index contributed by atoms with van der Waals surface area (Å²) >= 11 is 0. The van der Waals surface area contributed by atoms with Crippen LogP contribution in [0.4, 0.5) is 0 Å². The molecule has 2 saturated carbocycles. The molecule has 0 radical (unpaired) electrons. The maximum atomic E-state index is 6.53. The molecule has 3 nitrogen and oxygen atoms in total. The van der Waals surface area contributed by atoms with E-state index in [9.17, 15) is 0 Å². The first-order valence-corrected chi connectivity index (χ1v) is 10.3. The molecule has 4 heteroatoms. The molecule has 124 valence electrons. The van der Waals surface area contributed by atoms with Gasteiger partial charge in [0.05, 0.1) is 22.5 Å². The van der Waals surface area contributed by atoms with Gasteiger partial charge in [-0.15, -0.1) is 0 Å². The van der Waals surface area contributed by atoms with Gasteiger partial charge in [0, 0.05) is 0 Å². The minimum atomic E-state index is -0.251. The van der Waals surface area contributed by atoms with Crippen LogP contribution in [-0.2, 0) is 9.47 Å². The van der Waals surface area contributed by atoms with Crippen molar-refractivity contribution in [1.82, 2.24) is 0 Å². The monoisotopic (exact) mass is 313 g/mol. The molecule has 0 heterocycles. The second-order valence-corrected chi connectivity index (χ2v) is 8.66. The van der Waals surface area contributed by atoms with Gasteiger partial charge in [-0.1, -0.05) is 38.5 Å². The highest BCUT2D eigenvalue weighted by molar-refractivity contribution is 6.13. The molecule has 0 bridgehead atoms. The Balaban J connectivity index is 1.87. The molecule has 2 N–H and O–H groups in total. The topological polar surface area (TPSA) is 44.5 Å². The molecular weight excluding hydrogens is 278 g/mol. The first-order chi connectivity index (χ1) is 10.2. The molecule has 2 rings (SSSR count). The summed E-state index contributed by atoms with van der Waals surface area (Å²) in [5.41, 5.74) is 5.41. The zero-order valence-electron chi connectivity index (χ0n) is 13.9. The van der Waals surface area contributed by atoms with E-state index in [0.29, 0.717) is 12.2 Å². The lowest BCUT2D eigenvalue weighted by atomic mass is 9.97. The Morgan fingerprint density at radius 2 is 1.29 bits per heavy atom. The molecule has 0 atom stereocenters. The van der Waals surface area contributed by atoms with Gasteiger partial charge in [-0.05, 0) is 51.5 Å². The van der Waals surface area contributed by atoms with Gasteiger partial charge in [0.25, 0.3) is 0 Å². The maximum absolute atomic E-state index is 6.53. The van der Waals surface area contributed by atoms with Crippen LogP contribution >= 0.6 is 0 Å². The zero-order valence-corrected chi connectivity index (χ0v) is 15.9. The maximum Gasteiger partial charge on any atom is 0.142 e. The lowest BCUT2D eigenvalue weighted by Crippen LogP contribution is -2.44. The van der Waals surface area contributed by atoms with Crippen LogP contribution in [0.15, 0.2) is 0 Å². The molecule has 0 unspecified atom stereocenters. The molecule has 0 saturated heterocycles. The molecule has 21 heavy (non-hydrogen) atoms. The van der Waals surface area contributed by atoms with Crippen molar-refractivity contribution in [2.75, 3.05) is 6.54 Å². The highest BCUT2D eigenvalue weighted by Gasteiger charge is 2.33. The van der Waals surface area contributed by atoms with E-state index >= 15 is 0 Å². The van der Waals surface area contributed by atoms with Crippen LogP contribution in [0, 0.1) is 0 Å². The predicted molar refractivity (Wildman–Crippen MR) is 91.5 cm³/mol. The summed E-state index contributed by atoms with van der Waals surface area (Å²) in [7, 11) is 0.967. The summed E-state index contributed by atoms with van der Waals surface area (Å²) in [6.45, 7) is 0.782. The van der Waals surface area contributed by atoms with Crippen LogP contribution < -0.4 is 5.73 Å². The quantitative estimate of drug-likeness (QED) is 0.426. The van der Waals surface area contributed by atoms with Gasteiger partial charge in [-0.25, -0.2) is 0 Å². The summed E-state index contributed by atoms with van der Waals surface area (Å²) in [6.07, 6.45) is 17.2. The Bertz CT molecular complexity index is 256. The molecule has 0 aromatic carbocycles. The molecule has 2 fully saturated rings. The molecule has 0 aromatic rings. The Labute approximate surface area is 133 Å². The Hall–Kier alpha value is 0.0969. The fourth-order valence-corrected chi connectivity index (χ4v) is 4.83.